The lowest BCUT2D eigenvalue weighted by molar-refractivity contribution is 0.0526. The number of ether oxygens (including phenoxy) is 2. The van der Waals surface area contributed by atoms with Crippen molar-refractivity contribution in [3.8, 4) is 16.9 Å². The molecule has 0 aliphatic heterocycles. The van der Waals surface area contributed by atoms with E-state index in [1.165, 1.54) is 0 Å². The molecule has 3 N–H and O–H groups in total. The van der Waals surface area contributed by atoms with Gasteiger partial charge in [0.2, 0.25) is 0 Å². The zero-order valence-corrected chi connectivity index (χ0v) is 13.8. The molecule has 0 atom stereocenters. The van der Waals surface area contributed by atoms with Crippen molar-refractivity contribution >= 4 is 22.6 Å². The lowest BCUT2D eigenvalue weighted by atomic mass is 10.0. The SMILES string of the molecule is CCOC(=O)c1c(N)c2cccc(-c3cnccc3OC)c2[nH]c1=O. The fraction of sp³-hybridized carbons (Fsp3) is 0.167. The van der Waals surface area contributed by atoms with Crippen LogP contribution in [0.15, 0.2) is 41.5 Å². The Bertz CT molecular complexity index is 1010. The lowest BCUT2D eigenvalue weighted by Crippen LogP contribution is -2.22. The molecule has 0 amide bonds. The highest BCUT2D eigenvalue weighted by Crippen LogP contribution is 2.34. The van der Waals surface area contributed by atoms with Gasteiger partial charge in [0.25, 0.3) is 5.56 Å². The van der Waals surface area contributed by atoms with Crippen LogP contribution in [0.1, 0.15) is 17.3 Å². The molecular weight excluding hydrogens is 322 g/mol. The largest absolute Gasteiger partial charge is 0.496 e. The Morgan fingerprint density at radius 3 is 2.80 bits per heavy atom. The number of carbonyl (C=O) groups is 1. The average molecular weight is 339 g/mol. The first-order valence-corrected chi connectivity index (χ1v) is 7.68. The topological polar surface area (TPSA) is 107 Å². The van der Waals surface area contributed by atoms with Crippen molar-refractivity contribution in [1.82, 2.24) is 9.97 Å². The fourth-order valence-corrected chi connectivity index (χ4v) is 2.74. The highest BCUT2D eigenvalue weighted by atomic mass is 16.5. The minimum absolute atomic E-state index is 0.0851. The fourth-order valence-electron chi connectivity index (χ4n) is 2.74. The second-order valence-corrected chi connectivity index (χ2v) is 5.27. The van der Waals surface area contributed by atoms with Gasteiger partial charge in [0.05, 0.1) is 24.9 Å². The van der Waals surface area contributed by atoms with Crippen LogP contribution in [0, 0.1) is 0 Å². The first-order chi connectivity index (χ1) is 12.1. The summed E-state index contributed by atoms with van der Waals surface area (Å²) in [5, 5.41) is 0.547. The van der Waals surface area contributed by atoms with Crippen LogP contribution in [0.5, 0.6) is 5.75 Å². The van der Waals surface area contributed by atoms with E-state index in [1.807, 2.05) is 6.07 Å². The number of nitrogens with two attached hydrogens (primary N) is 1. The molecule has 128 valence electrons. The van der Waals surface area contributed by atoms with Crippen LogP contribution in [0.25, 0.3) is 22.0 Å². The quantitative estimate of drug-likeness (QED) is 0.707. The summed E-state index contributed by atoms with van der Waals surface area (Å²) >= 11 is 0. The van der Waals surface area contributed by atoms with E-state index < -0.39 is 11.5 Å². The van der Waals surface area contributed by atoms with E-state index in [2.05, 4.69) is 9.97 Å². The van der Waals surface area contributed by atoms with E-state index in [0.29, 0.717) is 27.8 Å². The summed E-state index contributed by atoms with van der Waals surface area (Å²) in [6.07, 6.45) is 3.25. The maximum Gasteiger partial charge on any atom is 0.345 e. The number of aromatic nitrogens is 2. The number of nitrogens with one attached hydrogen (secondary N) is 1. The second kappa shape index (κ2) is 6.64. The third-order valence-electron chi connectivity index (χ3n) is 3.86. The van der Waals surface area contributed by atoms with Crippen LogP contribution < -0.4 is 16.0 Å². The minimum Gasteiger partial charge on any atom is -0.496 e. The lowest BCUT2D eigenvalue weighted by Gasteiger charge is -2.13. The van der Waals surface area contributed by atoms with Crippen LogP contribution in [0.4, 0.5) is 5.69 Å². The first-order valence-electron chi connectivity index (χ1n) is 7.68. The van der Waals surface area contributed by atoms with E-state index in [1.54, 1.807) is 44.6 Å². The molecule has 25 heavy (non-hydrogen) atoms. The van der Waals surface area contributed by atoms with Crippen molar-refractivity contribution < 1.29 is 14.3 Å². The maximum absolute atomic E-state index is 12.4. The van der Waals surface area contributed by atoms with Gasteiger partial charge in [-0.3, -0.25) is 9.78 Å². The maximum atomic E-state index is 12.4. The number of nitrogen functional groups attached to an aromatic ring is 1. The van der Waals surface area contributed by atoms with Gasteiger partial charge in [0, 0.05) is 28.9 Å². The Kier molecular flexibility index (Phi) is 4.38. The number of benzene rings is 1. The van der Waals surface area contributed by atoms with E-state index in [4.69, 9.17) is 15.2 Å². The Labute approximate surface area is 143 Å². The summed E-state index contributed by atoms with van der Waals surface area (Å²) in [5.74, 6) is -0.135. The number of methoxy groups -OCH3 is 1. The second-order valence-electron chi connectivity index (χ2n) is 5.27. The van der Waals surface area contributed by atoms with Crippen LogP contribution in [-0.4, -0.2) is 29.7 Å². The van der Waals surface area contributed by atoms with Crippen molar-refractivity contribution in [1.29, 1.82) is 0 Å². The van der Waals surface area contributed by atoms with Gasteiger partial charge in [-0.1, -0.05) is 18.2 Å². The summed E-state index contributed by atoms with van der Waals surface area (Å²) in [5.41, 5.74) is 7.30. The first kappa shape index (κ1) is 16.5. The molecule has 7 nitrogen and oxygen atoms in total. The number of hydrogen-bond acceptors (Lipinski definition) is 6. The number of anilines is 1. The zero-order valence-electron chi connectivity index (χ0n) is 13.8. The highest BCUT2D eigenvalue weighted by Gasteiger charge is 2.20. The van der Waals surface area contributed by atoms with E-state index >= 15 is 0 Å². The molecule has 3 rings (SSSR count). The van der Waals surface area contributed by atoms with Gasteiger partial charge < -0.3 is 20.2 Å². The number of rotatable bonds is 4. The van der Waals surface area contributed by atoms with Gasteiger partial charge in [0.1, 0.15) is 11.3 Å². The number of pyridine rings is 2. The molecule has 0 unspecified atom stereocenters. The Hall–Kier alpha value is -3.35. The molecule has 7 heteroatoms. The van der Waals surface area contributed by atoms with E-state index in [-0.39, 0.29) is 17.9 Å². The number of H-pyrrole nitrogens is 1. The standard InChI is InChI=1S/C18H17N3O4/c1-3-25-18(23)14-15(19)11-6-4-5-10(16(11)21-17(14)22)12-9-20-8-7-13(12)24-2/h4-9H,3H2,1-2H3,(H3,19,21,22). The van der Waals surface area contributed by atoms with Crippen molar-refractivity contribution in [2.45, 2.75) is 6.92 Å². The summed E-state index contributed by atoms with van der Waals surface area (Å²) < 4.78 is 10.3. The highest BCUT2D eigenvalue weighted by molar-refractivity contribution is 6.07. The molecule has 0 spiro atoms. The van der Waals surface area contributed by atoms with Crippen LogP contribution in [0.3, 0.4) is 0 Å². The number of aromatic amines is 1. The molecule has 0 saturated carbocycles. The van der Waals surface area contributed by atoms with Crippen molar-refractivity contribution in [2.24, 2.45) is 0 Å². The van der Waals surface area contributed by atoms with Crippen molar-refractivity contribution in [3.05, 3.63) is 52.6 Å². The van der Waals surface area contributed by atoms with Crippen molar-refractivity contribution in [3.63, 3.8) is 0 Å². The van der Waals surface area contributed by atoms with Gasteiger partial charge in [-0.05, 0) is 13.0 Å². The molecule has 0 saturated heterocycles. The minimum atomic E-state index is -0.743. The number of carbonyl (C=O) groups excluding carboxylic acids is 1. The van der Waals surface area contributed by atoms with Gasteiger partial charge in [-0.15, -0.1) is 0 Å². The molecule has 2 heterocycles. The molecule has 0 fully saturated rings. The molecule has 1 aromatic carbocycles. The third kappa shape index (κ3) is 2.80. The predicted molar refractivity (Wildman–Crippen MR) is 94.7 cm³/mol. The van der Waals surface area contributed by atoms with Gasteiger partial charge in [0.15, 0.2) is 0 Å². The third-order valence-corrected chi connectivity index (χ3v) is 3.86. The molecule has 0 bridgehead atoms. The molecule has 0 aliphatic carbocycles. The molecule has 3 aromatic rings. The average Bonchev–Trinajstić information content (AvgIpc) is 2.61. The predicted octanol–water partition coefficient (Wildman–Crippen LogP) is 2.36. The van der Waals surface area contributed by atoms with Crippen LogP contribution in [0.2, 0.25) is 0 Å². The Morgan fingerprint density at radius 2 is 2.08 bits per heavy atom. The van der Waals surface area contributed by atoms with Gasteiger partial charge in [-0.2, -0.15) is 0 Å². The summed E-state index contributed by atoms with van der Waals surface area (Å²) in [7, 11) is 1.56. The summed E-state index contributed by atoms with van der Waals surface area (Å²) in [4.78, 5) is 31.3. The van der Waals surface area contributed by atoms with Gasteiger partial charge in [-0.25, -0.2) is 4.79 Å². The van der Waals surface area contributed by atoms with E-state index in [0.717, 1.165) is 0 Å². The number of fused-ring (bicyclic) bond motifs is 1. The molecule has 0 radical (unpaired) electrons. The monoisotopic (exact) mass is 339 g/mol. The van der Waals surface area contributed by atoms with Crippen LogP contribution in [-0.2, 0) is 4.74 Å². The summed E-state index contributed by atoms with van der Waals surface area (Å²) in [6, 6.07) is 7.06. The molecular formula is C18H17N3O4. The van der Waals surface area contributed by atoms with Crippen molar-refractivity contribution in [2.75, 3.05) is 19.5 Å². The Balaban J connectivity index is 2.31. The number of esters is 1. The number of para-hydroxylation sites is 1. The number of hydrogen-bond donors (Lipinski definition) is 2. The zero-order chi connectivity index (χ0) is 18.0. The normalized spacial score (nSPS) is 10.6. The summed E-state index contributed by atoms with van der Waals surface area (Å²) in [6.45, 7) is 1.82. The van der Waals surface area contributed by atoms with Gasteiger partial charge >= 0.3 is 5.97 Å². The van der Waals surface area contributed by atoms with E-state index in [9.17, 15) is 9.59 Å². The van der Waals surface area contributed by atoms with Crippen LogP contribution >= 0.6 is 0 Å². The smallest absolute Gasteiger partial charge is 0.345 e. The Morgan fingerprint density at radius 1 is 1.28 bits per heavy atom. The molecule has 2 aromatic heterocycles. The molecule has 0 aliphatic rings. The number of nitrogens with zero attached hydrogens (tertiary/aromatic N) is 1.